The molecule has 1 atom stereocenters. The van der Waals surface area contributed by atoms with Crippen LogP contribution in [0.2, 0.25) is 5.02 Å². The first-order valence-electron chi connectivity index (χ1n) is 7.89. The van der Waals surface area contributed by atoms with E-state index in [9.17, 15) is 4.79 Å². The van der Waals surface area contributed by atoms with Crippen molar-refractivity contribution in [1.82, 2.24) is 5.32 Å². The van der Waals surface area contributed by atoms with Crippen molar-refractivity contribution >= 4 is 17.4 Å². The maximum atomic E-state index is 12.2. The summed E-state index contributed by atoms with van der Waals surface area (Å²) in [5.74, 6) is 1.84. The van der Waals surface area contributed by atoms with Crippen LogP contribution in [0.15, 0.2) is 12.1 Å². The highest BCUT2D eigenvalue weighted by atomic mass is 35.5. The van der Waals surface area contributed by atoms with Crippen molar-refractivity contribution in [3.8, 4) is 5.75 Å². The van der Waals surface area contributed by atoms with Crippen molar-refractivity contribution < 1.29 is 9.53 Å². The van der Waals surface area contributed by atoms with Gasteiger partial charge in [-0.15, -0.1) is 0 Å². The monoisotopic (exact) mass is 307 g/mol. The molecule has 0 amide bonds. The number of nitrogens with one attached hydrogen (secondary N) is 1. The second kappa shape index (κ2) is 6.80. The number of halogens is 1. The fraction of sp³-hybridized carbons (Fsp3) is 0.588. The van der Waals surface area contributed by atoms with E-state index < -0.39 is 0 Å². The Bertz CT molecular complexity index is 524. The number of piperidine rings is 1. The topological polar surface area (TPSA) is 38.3 Å². The van der Waals surface area contributed by atoms with E-state index >= 15 is 0 Å². The predicted molar refractivity (Wildman–Crippen MR) is 84.2 cm³/mol. The quantitative estimate of drug-likeness (QED) is 0.908. The largest absolute Gasteiger partial charge is 0.493 e. The predicted octanol–water partition coefficient (Wildman–Crippen LogP) is 3.17. The second-order valence-corrected chi connectivity index (χ2v) is 6.55. The second-order valence-electron chi connectivity index (χ2n) is 6.12. The first-order chi connectivity index (χ1) is 10.2. The molecule has 3 nitrogen and oxygen atoms in total. The molecule has 0 saturated carbocycles. The Balaban J connectivity index is 1.57. The Morgan fingerprint density at radius 2 is 2.33 bits per heavy atom. The van der Waals surface area contributed by atoms with Crippen molar-refractivity contribution in [3.05, 3.63) is 28.3 Å². The smallest absolute Gasteiger partial charge is 0.137 e. The standard InChI is InChI=1S/C17H22ClNO2/c18-15-8-13-5-7-21-17(13)14(9-15)10-16(20)4-3-12-2-1-6-19-11-12/h8-9,12,19H,1-7,10-11H2. The van der Waals surface area contributed by atoms with Crippen molar-refractivity contribution in [1.29, 1.82) is 0 Å². The van der Waals surface area contributed by atoms with Crippen LogP contribution in [0, 0.1) is 5.92 Å². The zero-order valence-corrected chi connectivity index (χ0v) is 13.0. The van der Waals surface area contributed by atoms with Gasteiger partial charge in [-0.1, -0.05) is 11.6 Å². The summed E-state index contributed by atoms with van der Waals surface area (Å²) in [4.78, 5) is 12.2. The Labute approximate surface area is 131 Å². The van der Waals surface area contributed by atoms with Crippen molar-refractivity contribution in [2.75, 3.05) is 19.7 Å². The van der Waals surface area contributed by atoms with Gasteiger partial charge in [0, 0.05) is 29.8 Å². The fourth-order valence-electron chi connectivity index (χ4n) is 3.31. The van der Waals surface area contributed by atoms with Gasteiger partial charge in [0.05, 0.1) is 6.61 Å². The number of carbonyl (C=O) groups is 1. The molecule has 1 aromatic rings. The zero-order valence-electron chi connectivity index (χ0n) is 12.3. The average molecular weight is 308 g/mol. The number of ketones is 1. The number of benzene rings is 1. The molecule has 1 unspecified atom stereocenters. The molecule has 0 aromatic heterocycles. The summed E-state index contributed by atoms with van der Waals surface area (Å²) in [7, 11) is 0. The number of ether oxygens (including phenoxy) is 1. The molecule has 0 radical (unpaired) electrons. The van der Waals surface area contributed by atoms with Crippen LogP contribution in [0.3, 0.4) is 0 Å². The highest BCUT2D eigenvalue weighted by molar-refractivity contribution is 6.30. The minimum absolute atomic E-state index is 0.292. The molecule has 0 aliphatic carbocycles. The van der Waals surface area contributed by atoms with Crippen LogP contribution in [-0.4, -0.2) is 25.5 Å². The van der Waals surface area contributed by atoms with Crippen LogP contribution < -0.4 is 10.1 Å². The molecule has 2 heterocycles. The summed E-state index contributed by atoms with van der Waals surface area (Å²) in [6.45, 7) is 2.88. The van der Waals surface area contributed by atoms with Crippen LogP contribution in [0.5, 0.6) is 5.75 Å². The zero-order chi connectivity index (χ0) is 14.7. The van der Waals surface area contributed by atoms with Gasteiger partial charge in [0.1, 0.15) is 11.5 Å². The first-order valence-corrected chi connectivity index (χ1v) is 8.26. The number of fused-ring (bicyclic) bond motifs is 1. The van der Waals surface area contributed by atoms with Gasteiger partial charge in [0.2, 0.25) is 0 Å². The van der Waals surface area contributed by atoms with Gasteiger partial charge >= 0.3 is 0 Å². The third-order valence-electron chi connectivity index (χ3n) is 4.44. The number of hydrogen-bond donors (Lipinski definition) is 1. The minimum atomic E-state index is 0.292. The molecule has 1 N–H and O–H groups in total. The summed E-state index contributed by atoms with van der Waals surface area (Å²) >= 11 is 6.14. The SMILES string of the molecule is O=C(CCC1CCCNC1)Cc1cc(Cl)cc2c1OCC2. The van der Waals surface area contributed by atoms with Crippen LogP contribution in [0.1, 0.15) is 36.8 Å². The molecular formula is C17H22ClNO2. The Kier molecular flexibility index (Phi) is 4.81. The van der Waals surface area contributed by atoms with E-state index in [0.29, 0.717) is 36.2 Å². The van der Waals surface area contributed by atoms with Gasteiger partial charge in [0.15, 0.2) is 0 Å². The molecule has 4 heteroatoms. The molecule has 114 valence electrons. The number of rotatable bonds is 5. The van der Waals surface area contributed by atoms with Crippen molar-refractivity contribution in [3.63, 3.8) is 0 Å². The van der Waals surface area contributed by atoms with Crippen LogP contribution in [-0.2, 0) is 17.6 Å². The van der Waals surface area contributed by atoms with Gasteiger partial charge < -0.3 is 10.1 Å². The molecule has 1 fully saturated rings. The lowest BCUT2D eigenvalue weighted by molar-refractivity contribution is -0.118. The summed E-state index contributed by atoms with van der Waals surface area (Å²) in [6, 6.07) is 3.83. The third-order valence-corrected chi connectivity index (χ3v) is 4.66. The van der Waals surface area contributed by atoms with E-state index in [1.165, 1.54) is 12.8 Å². The highest BCUT2D eigenvalue weighted by Crippen LogP contribution is 2.33. The highest BCUT2D eigenvalue weighted by Gasteiger charge is 2.20. The molecule has 1 aromatic carbocycles. The van der Waals surface area contributed by atoms with Gasteiger partial charge in [-0.3, -0.25) is 4.79 Å². The Morgan fingerprint density at radius 1 is 1.43 bits per heavy atom. The maximum absolute atomic E-state index is 12.2. The molecule has 21 heavy (non-hydrogen) atoms. The molecule has 0 bridgehead atoms. The van der Waals surface area contributed by atoms with E-state index in [2.05, 4.69) is 5.32 Å². The lowest BCUT2D eigenvalue weighted by atomic mass is 9.92. The van der Waals surface area contributed by atoms with Crippen molar-refractivity contribution in [2.45, 2.75) is 38.5 Å². The van der Waals surface area contributed by atoms with Gasteiger partial charge in [-0.25, -0.2) is 0 Å². The Hall–Kier alpha value is -1.06. The van der Waals surface area contributed by atoms with Crippen molar-refractivity contribution in [2.24, 2.45) is 5.92 Å². The van der Waals surface area contributed by atoms with Gasteiger partial charge in [-0.2, -0.15) is 0 Å². The summed E-state index contributed by atoms with van der Waals surface area (Å²) in [5.41, 5.74) is 2.10. The van der Waals surface area contributed by atoms with E-state index in [1.54, 1.807) is 0 Å². The van der Waals surface area contributed by atoms with Crippen LogP contribution >= 0.6 is 11.6 Å². The molecular weight excluding hydrogens is 286 g/mol. The fourth-order valence-corrected chi connectivity index (χ4v) is 3.58. The van der Waals surface area contributed by atoms with Crippen LogP contribution in [0.4, 0.5) is 0 Å². The average Bonchev–Trinajstić information content (AvgIpc) is 2.94. The summed E-state index contributed by atoms with van der Waals surface area (Å²) in [5, 5.41) is 4.11. The van der Waals surface area contributed by atoms with Gasteiger partial charge in [-0.05, 0) is 56.0 Å². The first kappa shape index (κ1) is 14.9. The summed E-state index contributed by atoms with van der Waals surface area (Å²) < 4.78 is 5.66. The van der Waals surface area contributed by atoms with E-state index in [1.807, 2.05) is 12.1 Å². The Morgan fingerprint density at radius 3 is 3.14 bits per heavy atom. The normalized spacial score (nSPS) is 20.9. The third kappa shape index (κ3) is 3.78. The lowest BCUT2D eigenvalue weighted by Crippen LogP contribution is -2.30. The summed E-state index contributed by atoms with van der Waals surface area (Å²) in [6.07, 6.45) is 5.47. The van der Waals surface area contributed by atoms with E-state index in [4.69, 9.17) is 16.3 Å². The molecule has 2 aliphatic heterocycles. The molecule has 3 rings (SSSR count). The van der Waals surface area contributed by atoms with Crippen LogP contribution in [0.25, 0.3) is 0 Å². The number of Topliss-reactive ketones (excluding diaryl/α,β-unsaturated/α-hetero) is 1. The minimum Gasteiger partial charge on any atom is -0.493 e. The molecule has 1 saturated heterocycles. The number of carbonyl (C=O) groups excluding carboxylic acids is 1. The van der Waals surface area contributed by atoms with Gasteiger partial charge in [0.25, 0.3) is 0 Å². The van der Waals surface area contributed by atoms with E-state index in [-0.39, 0.29) is 0 Å². The number of hydrogen-bond acceptors (Lipinski definition) is 3. The maximum Gasteiger partial charge on any atom is 0.137 e. The lowest BCUT2D eigenvalue weighted by Gasteiger charge is -2.22. The van der Waals surface area contributed by atoms with E-state index in [0.717, 1.165) is 42.8 Å². The molecule has 2 aliphatic rings. The molecule has 0 spiro atoms.